The van der Waals surface area contributed by atoms with E-state index >= 15 is 0 Å². The smallest absolute Gasteiger partial charge is 0.204 e. The molecule has 11 heavy (non-hydrogen) atoms. The van der Waals surface area contributed by atoms with Gasteiger partial charge in [-0.05, 0) is 18.9 Å². The highest BCUT2D eigenvalue weighted by Crippen LogP contribution is 2.29. The van der Waals surface area contributed by atoms with Crippen molar-refractivity contribution >= 4 is 10.0 Å². The Labute approximate surface area is 64.9 Å². The average Bonchev–Trinajstić information content (AvgIpc) is 2.66. The summed E-state index contributed by atoms with van der Waals surface area (Å²) >= 11 is 0. The van der Waals surface area contributed by atoms with E-state index in [2.05, 4.69) is 5.10 Å². The lowest BCUT2D eigenvalue weighted by molar-refractivity contribution is 0.578. The van der Waals surface area contributed by atoms with Crippen LogP contribution in [0.4, 0.5) is 0 Å². The van der Waals surface area contributed by atoms with Crippen molar-refractivity contribution in [2.24, 2.45) is 0 Å². The highest BCUT2D eigenvalue weighted by molar-refractivity contribution is 7.90. The molecular weight excluding hydrogens is 164 g/mol. The SMILES string of the molecule is O=S(=O)(C1CC1)n1cccn1. The molecule has 0 N–H and O–H groups in total. The first-order valence-electron chi connectivity index (χ1n) is 3.45. The van der Waals surface area contributed by atoms with Gasteiger partial charge in [0, 0.05) is 6.20 Å². The minimum absolute atomic E-state index is 0.178. The first kappa shape index (κ1) is 6.84. The molecule has 1 aromatic heterocycles. The largest absolute Gasteiger partial charge is 0.256 e. The van der Waals surface area contributed by atoms with Crippen molar-refractivity contribution in [2.75, 3.05) is 0 Å². The van der Waals surface area contributed by atoms with Crippen molar-refractivity contribution in [1.82, 2.24) is 9.19 Å². The van der Waals surface area contributed by atoms with Crippen molar-refractivity contribution in [3.05, 3.63) is 18.5 Å². The summed E-state index contributed by atoms with van der Waals surface area (Å²) in [6, 6.07) is 1.61. The Kier molecular flexibility index (Phi) is 1.29. The van der Waals surface area contributed by atoms with Gasteiger partial charge in [0.1, 0.15) is 0 Å². The van der Waals surface area contributed by atoms with Crippen molar-refractivity contribution in [3.63, 3.8) is 0 Å². The van der Waals surface area contributed by atoms with E-state index in [0.717, 1.165) is 16.9 Å². The van der Waals surface area contributed by atoms with Crippen molar-refractivity contribution < 1.29 is 8.42 Å². The van der Waals surface area contributed by atoms with E-state index in [9.17, 15) is 8.42 Å². The van der Waals surface area contributed by atoms with Gasteiger partial charge >= 0.3 is 0 Å². The van der Waals surface area contributed by atoms with Crippen LogP contribution < -0.4 is 0 Å². The van der Waals surface area contributed by atoms with Gasteiger partial charge in [-0.2, -0.15) is 9.19 Å². The van der Waals surface area contributed by atoms with E-state index in [1.807, 2.05) is 0 Å². The molecule has 0 amide bonds. The lowest BCUT2D eigenvalue weighted by Gasteiger charge is -1.99. The third-order valence-electron chi connectivity index (χ3n) is 1.69. The molecule has 0 aliphatic heterocycles. The number of hydrogen-bond acceptors (Lipinski definition) is 3. The number of aromatic nitrogens is 2. The van der Waals surface area contributed by atoms with Crippen LogP contribution in [0.5, 0.6) is 0 Å². The van der Waals surface area contributed by atoms with Gasteiger partial charge in [0.25, 0.3) is 10.0 Å². The molecule has 1 fully saturated rings. The molecule has 1 aromatic rings. The molecule has 0 aromatic carbocycles. The van der Waals surface area contributed by atoms with Crippen molar-refractivity contribution in [1.29, 1.82) is 0 Å². The second-order valence-electron chi connectivity index (χ2n) is 2.62. The molecule has 0 radical (unpaired) electrons. The van der Waals surface area contributed by atoms with Crippen LogP contribution in [-0.4, -0.2) is 22.9 Å². The second kappa shape index (κ2) is 2.07. The lowest BCUT2D eigenvalue weighted by atomic mass is 10.8. The molecule has 0 spiro atoms. The molecule has 0 atom stereocenters. The van der Waals surface area contributed by atoms with Crippen LogP contribution in [0.25, 0.3) is 0 Å². The molecule has 60 valence electrons. The van der Waals surface area contributed by atoms with Crippen LogP contribution in [0.1, 0.15) is 12.8 Å². The van der Waals surface area contributed by atoms with Gasteiger partial charge in [0.15, 0.2) is 0 Å². The maximum absolute atomic E-state index is 11.4. The summed E-state index contributed by atoms with van der Waals surface area (Å²) in [6.45, 7) is 0. The molecule has 0 bridgehead atoms. The molecule has 2 rings (SSSR count). The van der Waals surface area contributed by atoms with Crippen LogP contribution in [0.3, 0.4) is 0 Å². The van der Waals surface area contributed by atoms with E-state index in [1.165, 1.54) is 12.4 Å². The van der Waals surface area contributed by atoms with Gasteiger partial charge in [0.05, 0.1) is 11.4 Å². The fraction of sp³-hybridized carbons (Fsp3) is 0.500. The number of hydrogen-bond donors (Lipinski definition) is 0. The van der Waals surface area contributed by atoms with Crippen molar-refractivity contribution in [3.8, 4) is 0 Å². The molecule has 1 aliphatic carbocycles. The van der Waals surface area contributed by atoms with Gasteiger partial charge < -0.3 is 0 Å². The monoisotopic (exact) mass is 172 g/mol. The summed E-state index contributed by atoms with van der Waals surface area (Å²) in [6.07, 6.45) is 4.50. The third-order valence-corrected chi connectivity index (χ3v) is 3.74. The van der Waals surface area contributed by atoms with Crippen LogP contribution in [0.2, 0.25) is 0 Å². The number of rotatable bonds is 2. The Morgan fingerprint density at radius 1 is 1.45 bits per heavy atom. The van der Waals surface area contributed by atoms with Gasteiger partial charge in [-0.25, -0.2) is 8.42 Å². The van der Waals surface area contributed by atoms with Crippen LogP contribution in [0, 0.1) is 0 Å². The Morgan fingerprint density at radius 2 is 2.18 bits per heavy atom. The van der Waals surface area contributed by atoms with Gasteiger partial charge in [0.2, 0.25) is 0 Å². The normalized spacial score (nSPS) is 18.5. The standard InChI is InChI=1S/C6H8N2O2S/c9-11(10,6-2-3-6)8-5-1-4-7-8/h1,4-6H,2-3H2. The topological polar surface area (TPSA) is 52.0 Å². The van der Waals surface area contributed by atoms with E-state index in [4.69, 9.17) is 0 Å². The average molecular weight is 172 g/mol. The zero-order chi connectivity index (χ0) is 7.90. The summed E-state index contributed by atoms with van der Waals surface area (Å²) in [7, 11) is -3.12. The van der Waals surface area contributed by atoms with Gasteiger partial charge in [-0.3, -0.25) is 0 Å². The van der Waals surface area contributed by atoms with Crippen LogP contribution in [0.15, 0.2) is 18.5 Å². The van der Waals surface area contributed by atoms with E-state index in [1.54, 1.807) is 6.07 Å². The molecule has 1 aliphatic rings. The predicted octanol–water partition coefficient (Wildman–Crippen LogP) is 0.223. The summed E-state index contributed by atoms with van der Waals surface area (Å²) in [5.74, 6) is 0. The minimum Gasteiger partial charge on any atom is -0.204 e. The van der Waals surface area contributed by atoms with E-state index in [0.29, 0.717) is 0 Å². The quantitative estimate of drug-likeness (QED) is 0.641. The Morgan fingerprint density at radius 3 is 2.64 bits per heavy atom. The maximum Gasteiger partial charge on any atom is 0.256 e. The first-order valence-corrected chi connectivity index (χ1v) is 4.95. The second-order valence-corrected chi connectivity index (χ2v) is 4.69. The van der Waals surface area contributed by atoms with Crippen LogP contribution in [-0.2, 0) is 10.0 Å². The molecule has 0 saturated heterocycles. The molecular formula is C6H8N2O2S. The molecule has 0 unspecified atom stereocenters. The summed E-state index contributed by atoms with van der Waals surface area (Å²) in [5.41, 5.74) is 0. The third kappa shape index (κ3) is 1.05. The summed E-state index contributed by atoms with van der Waals surface area (Å²) < 4.78 is 23.8. The van der Waals surface area contributed by atoms with E-state index < -0.39 is 10.0 Å². The van der Waals surface area contributed by atoms with Gasteiger partial charge in [-0.1, -0.05) is 0 Å². The molecule has 1 heterocycles. The first-order chi connectivity index (χ1) is 5.21. The highest BCUT2D eigenvalue weighted by Gasteiger charge is 2.37. The predicted molar refractivity (Wildman–Crippen MR) is 39.6 cm³/mol. The van der Waals surface area contributed by atoms with Crippen molar-refractivity contribution in [2.45, 2.75) is 18.1 Å². The number of nitrogens with zero attached hydrogens (tertiary/aromatic N) is 2. The Bertz CT molecular complexity index is 337. The summed E-state index contributed by atoms with van der Waals surface area (Å²) in [4.78, 5) is 0. The molecule has 5 heteroatoms. The molecule has 1 saturated carbocycles. The van der Waals surface area contributed by atoms with Gasteiger partial charge in [-0.15, -0.1) is 0 Å². The minimum atomic E-state index is -3.12. The Hall–Kier alpha value is -0.840. The molecule has 4 nitrogen and oxygen atoms in total. The zero-order valence-corrected chi connectivity index (χ0v) is 6.66. The maximum atomic E-state index is 11.4. The van der Waals surface area contributed by atoms with E-state index in [-0.39, 0.29) is 5.25 Å². The highest BCUT2D eigenvalue weighted by atomic mass is 32.2. The Balaban J connectivity index is 2.42. The lowest BCUT2D eigenvalue weighted by Crippen LogP contribution is -2.17. The zero-order valence-electron chi connectivity index (χ0n) is 5.84. The van der Waals surface area contributed by atoms with Crippen LogP contribution >= 0.6 is 0 Å². The fourth-order valence-corrected chi connectivity index (χ4v) is 2.39. The summed E-state index contributed by atoms with van der Waals surface area (Å²) in [5, 5.41) is 3.50. The fourth-order valence-electron chi connectivity index (χ4n) is 0.924.